The van der Waals surface area contributed by atoms with Gasteiger partial charge < -0.3 is 5.73 Å². The summed E-state index contributed by atoms with van der Waals surface area (Å²) in [6, 6.07) is 4.59. The molecule has 2 N–H and O–H groups in total. The molecule has 0 aliphatic carbocycles. The Balaban J connectivity index is 2.43. The van der Waals surface area contributed by atoms with E-state index in [0.29, 0.717) is 5.01 Å². The Morgan fingerprint density at radius 2 is 2.21 bits per heavy atom. The highest BCUT2D eigenvalue weighted by atomic mass is 32.1. The lowest BCUT2D eigenvalue weighted by Crippen LogP contribution is -2.07. The first-order valence-corrected chi connectivity index (χ1v) is 6.69. The van der Waals surface area contributed by atoms with E-state index >= 15 is 0 Å². The highest BCUT2D eigenvalue weighted by molar-refractivity contribution is 7.14. The highest BCUT2D eigenvalue weighted by Gasteiger charge is 2.16. The van der Waals surface area contributed by atoms with Gasteiger partial charge in [0.05, 0.1) is 11.0 Å². The molecule has 0 fully saturated rings. The molecule has 0 radical (unpaired) electrons. The second-order valence-corrected chi connectivity index (χ2v) is 5.23. The van der Waals surface area contributed by atoms with Gasteiger partial charge in [-0.2, -0.15) is 0 Å². The average molecular weight is 278 g/mol. The molecule has 1 aromatic carbocycles. The minimum Gasteiger partial charge on any atom is -0.322 e. The third kappa shape index (κ3) is 2.77. The topological polar surface area (TPSA) is 94.9 Å². The number of nitrogens with zero attached hydrogens (tertiary/aromatic N) is 3. The predicted octanol–water partition coefficient (Wildman–Crippen LogP) is 2.83. The van der Waals surface area contributed by atoms with Gasteiger partial charge in [-0.1, -0.05) is 24.3 Å². The number of aromatic nitrogens is 2. The van der Waals surface area contributed by atoms with Gasteiger partial charge in [-0.15, -0.1) is 10.2 Å². The smallest absolute Gasteiger partial charge is 0.270 e. The molecule has 1 atom stereocenters. The Morgan fingerprint density at radius 3 is 2.84 bits per heavy atom. The summed E-state index contributed by atoms with van der Waals surface area (Å²) in [6.45, 7) is 3.87. The van der Waals surface area contributed by atoms with Crippen molar-refractivity contribution in [2.24, 2.45) is 5.73 Å². The Morgan fingerprint density at radius 1 is 1.47 bits per heavy atom. The molecule has 2 aromatic rings. The lowest BCUT2D eigenvalue weighted by molar-refractivity contribution is -0.384. The van der Waals surface area contributed by atoms with E-state index in [1.165, 1.54) is 23.5 Å². The van der Waals surface area contributed by atoms with E-state index in [0.717, 1.165) is 22.6 Å². The first-order valence-electron chi connectivity index (χ1n) is 5.87. The summed E-state index contributed by atoms with van der Waals surface area (Å²) in [5.41, 5.74) is 7.62. The van der Waals surface area contributed by atoms with Crippen LogP contribution in [0.3, 0.4) is 0 Å². The summed E-state index contributed by atoms with van der Waals surface area (Å²) in [5, 5.41) is 20.4. The van der Waals surface area contributed by atoms with Crippen molar-refractivity contribution in [3.8, 4) is 10.6 Å². The van der Waals surface area contributed by atoms with Crippen molar-refractivity contribution in [3.05, 3.63) is 38.9 Å². The van der Waals surface area contributed by atoms with Crippen LogP contribution < -0.4 is 5.73 Å². The molecule has 0 saturated carbocycles. The highest BCUT2D eigenvalue weighted by Crippen LogP contribution is 2.31. The number of benzene rings is 1. The van der Waals surface area contributed by atoms with Crippen LogP contribution in [-0.2, 0) is 0 Å². The Bertz CT molecular complexity index is 612. The fourth-order valence-electron chi connectivity index (χ4n) is 1.62. The maximum absolute atomic E-state index is 10.8. The van der Waals surface area contributed by atoms with Crippen LogP contribution in [0.5, 0.6) is 0 Å². The van der Waals surface area contributed by atoms with E-state index in [1.807, 2.05) is 13.8 Å². The Hall–Kier alpha value is -1.86. The summed E-state index contributed by atoms with van der Waals surface area (Å²) >= 11 is 1.38. The monoisotopic (exact) mass is 278 g/mol. The van der Waals surface area contributed by atoms with Crippen molar-refractivity contribution in [1.29, 1.82) is 0 Å². The second-order valence-electron chi connectivity index (χ2n) is 4.22. The van der Waals surface area contributed by atoms with Crippen molar-refractivity contribution in [3.63, 3.8) is 0 Å². The molecule has 0 aliphatic heterocycles. The Labute approximate surface area is 114 Å². The standard InChI is InChI=1S/C12H14N4O2S/c1-3-10(13)12-15-14-11(19-12)9-6-8(16(17)18)5-4-7(9)2/h4-6,10H,3,13H2,1-2H3. The maximum Gasteiger partial charge on any atom is 0.270 e. The number of nitro benzene ring substituents is 1. The molecule has 100 valence electrons. The molecule has 0 saturated heterocycles. The zero-order valence-corrected chi connectivity index (χ0v) is 11.5. The fourth-order valence-corrected chi connectivity index (χ4v) is 2.63. The molecule has 0 spiro atoms. The second kappa shape index (κ2) is 5.41. The van der Waals surface area contributed by atoms with Crippen LogP contribution in [0.15, 0.2) is 18.2 Å². The van der Waals surface area contributed by atoms with Crippen molar-refractivity contribution >= 4 is 17.0 Å². The largest absolute Gasteiger partial charge is 0.322 e. The van der Waals surface area contributed by atoms with Gasteiger partial charge in [0.15, 0.2) is 0 Å². The zero-order chi connectivity index (χ0) is 14.0. The first kappa shape index (κ1) is 13.6. The van der Waals surface area contributed by atoms with Crippen LogP contribution >= 0.6 is 11.3 Å². The van der Waals surface area contributed by atoms with Gasteiger partial charge in [-0.05, 0) is 18.9 Å². The van der Waals surface area contributed by atoms with Gasteiger partial charge in [-0.3, -0.25) is 10.1 Å². The normalized spacial score (nSPS) is 12.4. The summed E-state index contributed by atoms with van der Waals surface area (Å²) in [7, 11) is 0. The van der Waals surface area contributed by atoms with E-state index in [4.69, 9.17) is 5.73 Å². The van der Waals surface area contributed by atoms with Gasteiger partial charge >= 0.3 is 0 Å². The van der Waals surface area contributed by atoms with Crippen LogP contribution in [0.4, 0.5) is 5.69 Å². The van der Waals surface area contributed by atoms with Crippen LogP contribution in [0.25, 0.3) is 10.6 Å². The van der Waals surface area contributed by atoms with Gasteiger partial charge in [-0.25, -0.2) is 0 Å². The molecule has 0 amide bonds. The molecule has 1 heterocycles. The molecular weight excluding hydrogens is 264 g/mol. The van der Waals surface area contributed by atoms with E-state index in [-0.39, 0.29) is 11.7 Å². The molecule has 2 rings (SSSR count). The number of hydrogen-bond donors (Lipinski definition) is 1. The lowest BCUT2D eigenvalue weighted by Gasteiger charge is -2.02. The van der Waals surface area contributed by atoms with Crippen LogP contribution in [-0.4, -0.2) is 15.1 Å². The minimum atomic E-state index is -0.414. The maximum atomic E-state index is 10.8. The summed E-state index contributed by atoms with van der Waals surface area (Å²) in [4.78, 5) is 10.4. The van der Waals surface area contributed by atoms with E-state index in [2.05, 4.69) is 10.2 Å². The van der Waals surface area contributed by atoms with Gasteiger partial charge in [0.2, 0.25) is 0 Å². The van der Waals surface area contributed by atoms with Crippen LogP contribution in [0.2, 0.25) is 0 Å². The molecule has 1 aromatic heterocycles. The van der Waals surface area contributed by atoms with Gasteiger partial charge in [0, 0.05) is 17.7 Å². The number of hydrogen-bond acceptors (Lipinski definition) is 6. The van der Waals surface area contributed by atoms with Gasteiger partial charge in [0.25, 0.3) is 5.69 Å². The molecule has 1 unspecified atom stereocenters. The van der Waals surface area contributed by atoms with Crippen molar-refractivity contribution < 1.29 is 4.92 Å². The number of nitro groups is 1. The number of aryl methyl sites for hydroxylation is 1. The minimum absolute atomic E-state index is 0.0529. The summed E-state index contributed by atoms with van der Waals surface area (Å²) < 4.78 is 0. The van der Waals surface area contributed by atoms with Crippen molar-refractivity contribution in [1.82, 2.24) is 10.2 Å². The number of non-ortho nitro benzene ring substituents is 1. The quantitative estimate of drug-likeness (QED) is 0.685. The van der Waals surface area contributed by atoms with E-state index in [9.17, 15) is 10.1 Å². The van der Waals surface area contributed by atoms with Crippen LogP contribution in [0.1, 0.15) is 30.0 Å². The molecule has 0 aliphatic rings. The zero-order valence-electron chi connectivity index (χ0n) is 10.7. The van der Waals surface area contributed by atoms with Crippen molar-refractivity contribution in [2.75, 3.05) is 0 Å². The molecular formula is C12H14N4O2S. The molecule has 19 heavy (non-hydrogen) atoms. The predicted molar refractivity (Wildman–Crippen MR) is 74.0 cm³/mol. The third-order valence-electron chi connectivity index (χ3n) is 2.86. The molecule has 0 bridgehead atoms. The SMILES string of the molecule is CCC(N)c1nnc(-c2cc([N+](=O)[O-])ccc2C)s1. The summed E-state index contributed by atoms with van der Waals surface area (Å²) in [6.07, 6.45) is 0.780. The fraction of sp³-hybridized carbons (Fsp3) is 0.333. The van der Waals surface area contributed by atoms with Crippen molar-refractivity contribution in [2.45, 2.75) is 26.3 Å². The molecule has 7 heteroatoms. The Kier molecular flexibility index (Phi) is 3.87. The average Bonchev–Trinajstić information content (AvgIpc) is 2.87. The third-order valence-corrected chi connectivity index (χ3v) is 3.95. The number of rotatable bonds is 4. The first-order chi connectivity index (χ1) is 9.02. The van der Waals surface area contributed by atoms with E-state index < -0.39 is 4.92 Å². The lowest BCUT2D eigenvalue weighted by atomic mass is 10.1. The van der Waals surface area contributed by atoms with Gasteiger partial charge in [0.1, 0.15) is 10.0 Å². The number of nitrogens with two attached hydrogens (primary N) is 1. The van der Waals surface area contributed by atoms with E-state index in [1.54, 1.807) is 6.07 Å². The summed E-state index contributed by atoms with van der Waals surface area (Å²) in [5.74, 6) is 0. The van der Waals surface area contributed by atoms with Crippen LogP contribution in [0, 0.1) is 17.0 Å². The molecule has 6 nitrogen and oxygen atoms in total.